The minimum absolute atomic E-state index is 0.0119. The first-order chi connectivity index (χ1) is 45.6. The van der Waals surface area contributed by atoms with Gasteiger partial charge in [0.2, 0.25) is 59.1 Å². The molecule has 1 fully saturated rings. The van der Waals surface area contributed by atoms with Crippen LogP contribution in [0.25, 0.3) is 0 Å². The molecule has 33 nitrogen and oxygen atoms in total. The molecule has 0 unspecified atom stereocenters. The van der Waals surface area contributed by atoms with E-state index in [2.05, 4.69) is 68.8 Å². The zero-order valence-corrected chi connectivity index (χ0v) is 56.9. The van der Waals surface area contributed by atoms with Crippen LogP contribution >= 0.6 is 0 Å². The first kappa shape index (κ1) is 82.3. The van der Waals surface area contributed by atoms with E-state index < -0.39 is 193 Å². The van der Waals surface area contributed by atoms with Crippen LogP contribution in [0, 0.1) is 35.0 Å². The lowest BCUT2D eigenvalue weighted by molar-refractivity contribution is -0.159. The highest BCUT2D eigenvalue weighted by molar-refractivity contribution is 6.00. The van der Waals surface area contributed by atoms with Gasteiger partial charge in [-0.25, -0.2) is 4.79 Å². The summed E-state index contributed by atoms with van der Waals surface area (Å²) in [6, 6.07) is -7.67. The average Bonchev–Trinajstić information content (AvgIpc) is 0.826. The molecule has 0 spiro atoms. The van der Waals surface area contributed by atoms with E-state index in [0.717, 1.165) is 6.92 Å². The Morgan fingerprint density at radius 2 is 1.25 bits per heavy atom. The van der Waals surface area contributed by atoms with Gasteiger partial charge in [0.05, 0.1) is 31.4 Å². The molecule has 97 heavy (non-hydrogen) atoms. The number of nitrogens with two attached hydrogens (primary N) is 2. The molecule has 21 N–H and O–H groups in total. The number of carbonyl (C=O) groups excluding carboxylic acids is 12. The molecule has 11 amide bonds. The van der Waals surface area contributed by atoms with Crippen molar-refractivity contribution in [1.29, 1.82) is 5.41 Å². The van der Waals surface area contributed by atoms with Crippen molar-refractivity contribution in [3.05, 3.63) is 66.0 Å². The fourth-order valence-corrected chi connectivity index (χ4v) is 10.1. The summed E-state index contributed by atoms with van der Waals surface area (Å²) in [4.78, 5) is 177. The molecule has 0 bridgehead atoms. The van der Waals surface area contributed by atoms with Crippen LogP contribution in [0.3, 0.4) is 0 Å². The third kappa shape index (κ3) is 27.3. The summed E-state index contributed by atoms with van der Waals surface area (Å²) in [5.74, 6) is -17.0. The molecule has 1 saturated heterocycles. The number of nitrogens with zero attached hydrogens (tertiary/aromatic N) is 1. The number of carbonyl (C=O) groups is 12. The number of aromatic nitrogens is 1. The molecule has 1 aliphatic heterocycles. The number of rotatable bonds is 25. The van der Waals surface area contributed by atoms with Crippen LogP contribution in [-0.2, 0) is 68.8 Å². The van der Waals surface area contributed by atoms with E-state index >= 15 is 4.79 Å². The maximum atomic E-state index is 15.5. The van der Waals surface area contributed by atoms with Crippen LogP contribution in [0.5, 0.6) is 0 Å². The highest BCUT2D eigenvalue weighted by atomic mass is 16.5. The Morgan fingerprint density at radius 3 is 1.81 bits per heavy atom. The smallest absolute Gasteiger partial charge is 0.331 e. The van der Waals surface area contributed by atoms with Gasteiger partial charge in [-0.3, -0.25) is 63.1 Å². The van der Waals surface area contributed by atoms with Crippen molar-refractivity contribution in [2.45, 2.75) is 206 Å². The minimum Gasteiger partial charge on any atom is -0.453 e. The highest BCUT2D eigenvalue weighted by Crippen LogP contribution is 2.25. The summed E-state index contributed by atoms with van der Waals surface area (Å²) in [5, 5.41) is 82.2. The number of guanidine groups is 1. The summed E-state index contributed by atoms with van der Waals surface area (Å²) in [6.45, 7) is 15.2. The van der Waals surface area contributed by atoms with Crippen molar-refractivity contribution in [2.24, 2.45) is 41.1 Å². The number of ether oxygens (including phenoxy) is 1. The number of aliphatic hydroxyl groups excluding tert-OH is 4. The predicted octanol–water partition coefficient (Wildman–Crippen LogP) is -4.00. The lowest BCUT2D eigenvalue weighted by Crippen LogP contribution is -2.64. The summed E-state index contributed by atoms with van der Waals surface area (Å²) in [5.41, 5.74) is 12.1. The normalized spacial score (nSPS) is 23.7. The van der Waals surface area contributed by atoms with E-state index in [1.807, 2.05) is 13.8 Å². The monoisotopic (exact) mass is 1370 g/mol. The van der Waals surface area contributed by atoms with Crippen LogP contribution < -0.4 is 75.3 Å². The molecule has 0 saturated carbocycles. The Hall–Kier alpha value is -8.92. The van der Waals surface area contributed by atoms with Gasteiger partial charge >= 0.3 is 5.97 Å². The number of amides is 11. The Bertz CT molecular complexity index is 2980. The maximum Gasteiger partial charge on any atom is 0.331 e. The Kier molecular flexibility index (Phi) is 34.4. The van der Waals surface area contributed by atoms with Gasteiger partial charge in [-0.1, -0.05) is 112 Å². The van der Waals surface area contributed by atoms with Gasteiger partial charge in [0.25, 0.3) is 5.91 Å². The highest BCUT2D eigenvalue weighted by Gasteiger charge is 2.44. The third-order valence-corrected chi connectivity index (χ3v) is 15.7. The van der Waals surface area contributed by atoms with E-state index in [4.69, 9.17) is 21.6 Å². The zero-order valence-electron chi connectivity index (χ0n) is 56.9. The second kappa shape index (κ2) is 40.6. The molecule has 1 aromatic carbocycles. The third-order valence-electron chi connectivity index (χ3n) is 15.7. The molecular weight excluding hydrogens is 1260 g/mol. The van der Waals surface area contributed by atoms with E-state index in [9.17, 15) is 73.2 Å². The van der Waals surface area contributed by atoms with Crippen LogP contribution in [0.1, 0.15) is 132 Å². The zero-order chi connectivity index (χ0) is 73.0. The van der Waals surface area contributed by atoms with Crippen LogP contribution in [0.15, 0.2) is 54.9 Å². The van der Waals surface area contributed by atoms with E-state index in [1.165, 1.54) is 56.6 Å². The summed E-state index contributed by atoms with van der Waals surface area (Å²) in [6.07, 6.45) is -5.21. The molecule has 0 aliphatic carbocycles. The quantitative estimate of drug-likeness (QED) is 0.0195. The van der Waals surface area contributed by atoms with Crippen molar-refractivity contribution in [3.63, 3.8) is 0 Å². The van der Waals surface area contributed by atoms with Gasteiger partial charge in [0.15, 0.2) is 24.2 Å². The van der Waals surface area contributed by atoms with Gasteiger partial charge in [-0.2, -0.15) is 0 Å². The second-order valence-corrected chi connectivity index (χ2v) is 25.8. The first-order valence-electron chi connectivity index (χ1n) is 32.5. The van der Waals surface area contributed by atoms with Crippen molar-refractivity contribution in [1.82, 2.24) is 68.8 Å². The lowest BCUT2D eigenvalue weighted by Gasteiger charge is -2.34. The van der Waals surface area contributed by atoms with Gasteiger partial charge < -0.3 is 100 Å². The largest absolute Gasteiger partial charge is 0.453 e. The fourth-order valence-electron chi connectivity index (χ4n) is 10.1. The van der Waals surface area contributed by atoms with Crippen LogP contribution in [0.4, 0.5) is 0 Å². The molecule has 2 aromatic rings. The molecule has 0 radical (unpaired) electrons. The van der Waals surface area contributed by atoms with E-state index in [1.54, 1.807) is 53.7 Å². The summed E-state index contributed by atoms with van der Waals surface area (Å²) in [7, 11) is 0. The number of cyclic esters (lactones) is 1. The van der Waals surface area contributed by atoms with Gasteiger partial charge in [-0.15, -0.1) is 0 Å². The number of hydrogen-bond donors (Lipinski definition) is 19. The van der Waals surface area contributed by atoms with Gasteiger partial charge in [0, 0.05) is 25.5 Å². The van der Waals surface area contributed by atoms with Crippen LogP contribution in [0.2, 0.25) is 0 Å². The predicted molar refractivity (Wildman–Crippen MR) is 352 cm³/mol. The van der Waals surface area contributed by atoms with Gasteiger partial charge in [0.1, 0.15) is 48.3 Å². The summed E-state index contributed by atoms with van der Waals surface area (Å²) >= 11 is 0. The molecule has 1 aromatic heterocycles. The fraction of sp³-hybridized carbons (Fsp3) is 0.625. The number of benzene rings is 1. The Balaban J connectivity index is 2.44. The van der Waals surface area contributed by atoms with E-state index in [0.29, 0.717) is 5.56 Å². The standard InChI is InChI=1S/C64H102N16O17/c1-12-35(10)45-58(91)78-46(36(11)82)57(90)71-29-44(83)76-48(51(85)62(95)70-28-37-18-16-22-68-27-37)60(93)75-43(30-81)63(96)97-52(38-19-14-13-15-20-38)49(80-56(89)42(26-33(6)7)73-53(86)39(65)24-31(2)3)61(94)79-47(50(84)34(8)9)59(92)74-41(25-32(4)5)55(88)72-40(54(87)77-45)21-17-23-69-64(66)67/h13-16,18-20,22,27,31-36,39-43,45-52,81-82,84-85H,12,17,21,23-26,28-30,65H2,1-11H3,(H,70,95)(H,71,90)(H,72,88)(H,73,86)(H,74,92)(H,75,93)(H,76,83)(H,77,87)(H,78,91)(H,79,94)(H,80,89)(H4,66,67,69)/t35-,36-,39+,40+,41-,42-,43-,45-,46-,47-,48-,49-,50+,51-,52+/m0/s1. The number of hydrogen-bond acceptors (Lipinski definition) is 20. The molecule has 2 heterocycles. The van der Waals surface area contributed by atoms with Crippen molar-refractivity contribution >= 4 is 76.9 Å². The Morgan fingerprint density at radius 1 is 0.660 bits per heavy atom. The number of aliphatic hydroxyl groups is 4. The number of nitrogens with one attached hydrogen (secondary N) is 13. The lowest BCUT2D eigenvalue weighted by atomic mass is 9.95. The first-order valence-corrected chi connectivity index (χ1v) is 32.5. The number of pyridine rings is 1. The SMILES string of the molecule is CC[C@H](C)[C@@H]1NC(=O)[C@@H](CCCNC(=N)N)NC(=O)[C@H](CC(C)C)NC(=O)[C@H]([C@H](O)C(C)C)NC(=O)[C@@H](NC(=O)[C@H](CC(C)C)NC(=O)[C@H](N)CC(C)C)[C@@H](c2ccccc2)OC(=O)[C@H](CO)NC(=O)[C@H]([C@H](O)C(=O)NCc2cccnc2)NC(=O)CNC(=O)[C@H]([C@H](C)O)NC1=O. The maximum absolute atomic E-state index is 15.5. The molecule has 15 atom stereocenters. The minimum atomic E-state index is -2.53. The van der Waals surface area contributed by atoms with Crippen molar-refractivity contribution in [2.75, 3.05) is 19.7 Å². The van der Waals surface area contributed by atoms with Crippen LogP contribution in [-0.4, -0.2) is 201 Å². The van der Waals surface area contributed by atoms with E-state index in [-0.39, 0.29) is 69.0 Å². The molecular formula is C64H102N16O17. The van der Waals surface area contributed by atoms with Crippen molar-refractivity contribution in [3.8, 4) is 0 Å². The topological polar surface area (TPSA) is 528 Å². The molecule has 540 valence electrons. The molecule has 3 rings (SSSR count). The number of esters is 1. The Labute approximate surface area is 564 Å². The average molecular weight is 1370 g/mol. The molecule has 33 heteroatoms. The van der Waals surface area contributed by atoms with Crippen molar-refractivity contribution < 1.29 is 82.7 Å². The second-order valence-electron chi connectivity index (χ2n) is 25.8. The molecule has 1 aliphatic rings. The van der Waals surface area contributed by atoms with Gasteiger partial charge in [-0.05, 0) is 85.8 Å². The summed E-state index contributed by atoms with van der Waals surface area (Å²) < 4.78 is 6.01.